The average Bonchev–Trinajstić information content (AvgIpc) is 1.70. The molecular formula is Cl3Na3O6. The Labute approximate surface area is 148 Å². The van der Waals surface area contributed by atoms with Gasteiger partial charge in [-0.15, -0.1) is 0 Å². The molecule has 0 amide bonds. The summed E-state index contributed by atoms with van der Waals surface area (Å²) in [6.07, 6.45) is 0. The van der Waals surface area contributed by atoms with Crippen LogP contribution in [-0.4, -0.2) is 0 Å². The summed E-state index contributed by atoms with van der Waals surface area (Å²) in [4.78, 5) is 0. The van der Waals surface area contributed by atoms with Crippen molar-refractivity contribution >= 4 is 0 Å². The summed E-state index contributed by atoms with van der Waals surface area (Å²) >= 11 is -1.25. The van der Waals surface area contributed by atoms with Gasteiger partial charge in [0.25, 0.3) is 0 Å². The summed E-state index contributed by atoms with van der Waals surface area (Å²) in [6, 6.07) is 0. The van der Waals surface area contributed by atoms with Crippen molar-refractivity contribution in [3.05, 3.63) is 0 Å². The van der Waals surface area contributed by atoms with E-state index in [0.717, 1.165) is 0 Å². The zero-order chi connectivity index (χ0) is 8.12. The first-order valence-electron chi connectivity index (χ1n) is 0.926. The van der Waals surface area contributed by atoms with Crippen LogP contribution in [0.5, 0.6) is 0 Å². The second-order valence-corrected chi connectivity index (χ2v) is 0.567. The zero-order valence-electron chi connectivity index (χ0n) is 6.58. The van der Waals surface area contributed by atoms with Crippen LogP contribution in [0.15, 0.2) is 0 Å². The number of hydrogen-bond acceptors (Lipinski definition) is 6. The molecule has 0 aromatic heterocycles. The maximum atomic E-state index is 8.24. The van der Waals surface area contributed by atoms with Crippen molar-refractivity contribution in [3.63, 3.8) is 0 Å². The van der Waals surface area contributed by atoms with Gasteiger partial charge in [0.1, 0.15) is 0 Å². The molecule has 0 spiro atoms. The first kappa shape index (κ1) is 36.1. The fourth-order valence-electron chi connectivity index (χ4n) is 0. The Morgan fingerprint density at radius 2 is 0.417 bits per heavy atom. The quantitative estimate of drug-likeness (QED) is 0.401. The molecule has 0 saturated heterocycles. The number of hydrogen-bond donors (Lipinski definition) is 0. The van der Waals surface area contributed by atoms with E-state index in [0.29, 0.717) is 0 Å². The van der Waals surface area contributed by atoms with Crippen LogP contribution in [0.25, 0.3) is 0 Å². The van der Waals surface area contributed by atoms with E-state index in [1.807, 2.05) is 0 Å². The van der Waals surface area contributed by atoms with Crippen LogP contribution < -0.4 is 117 Å². The molecule has 0 fully saturated rings. The summed E-state index contributed by atoms with van der Waals surface area (Å²) in [6.45, 7) is 0. The van der Waals surface area contributed by atoms with Crippen LogP contribution in [0.4, 0.5) is 0 Å². The molecule has 0 atom stereocenters. The van der Waals surface area contributed by atoms with E-state index in [9.17, 15) is 0 Å². The van der Waals surface area contributed by atoms with E-state index in [1.165, 1.54) is 0 Å². The minimum absolute atomic E-state index is 0. The van der Waals surface area contributed by atoms with Crippen molar-refractivity contribution in [1.29, 1.82) is 0 Å². The van der Waals surface area contributed by atoms with Crippen LogP contribution in [0.1, 0.15) is 0 Å². The first-order chi connectivity index (χ1) is 4.24. The second-order valence-electron chi connectivity index (χ2n) is 0.189. The number of rotatable bonds is 0. The summed E-state index contributed by atoms with van der Waals surface area (Å²) in [5.74, 6) is 0. The van der Waals surface area contributed by atoms with Gasteiger partial charge in [-0.25, -0.2) is 0 Å². The molecule has 6 nitrogen and oxygen atoms in total. The summed E-state index contributed by atoms with van der Waals surface area (Å²) < 4.78 is 49.4. The Balaban J connectivity index is -0.00000001000. The van der Waals surface area contributed by atoms with Gasteiger partial charge in [-0.05, 0) is 0 Å². The molecule has 12 heteroatoms. The molecule has 0 unspecified atom stereocenters. The van der Waals surface area contributed by atoms with E-state index in [1.54, 1.807) is 0 Å². The molecular weight excluding hydrogens is 271 g/mol. The Hall–Kier alpha value is 3.63. The third-order valence-corrected chi connectivity index (χ3v) is 0. The van der Waals surface area contributed by atoms with Gasteiger partial charge in [0.2, 0.25) is 0 Å². The summed E-state index contributed by atoms with van der Waals surface area (Å²) in [5.41, 5.74) is 0. The van der Waals surface area contributed by atoms with Crippen LogP contribution >= 0.6 is 0 Å². The molecule has 60 valence electrons. The molecule has 0 heterocycles. The minimum Gasteiger partial charge on any atom is -0.544 e. The molecule has 0 aliphatic heterocycles. The predicted molar refractivity (Wildman–Crippen MR) is 0 cm³/mol. The van der Waals surface area contributed by atoms with Gasteiger partial charge in [-0.3, -0.25) is 0 Å². The van der Waals surface area contributed by atoms with Crippen LogP contribution in [-0.2, 0) is 0 Å². The molecule has 12 heavy (non-hydrogen) atoms. The third-order valence-electron chi connectivity index (χ3n) is 0. The summed E-state index contributed by atoms with van der Waals surface area (Å²) in [7, 11) is 0. The van der Waals surface area contributed by atoms with Crippen molar-refractivity contribution in [2.75, 3.05) is 0 Å². The molecule has 0 aromatic rings. The van der Waals surface area contributed by atoms with Crippen molar-refractivity contribution in [2.24, 2.45) is 0 Å². The maximum Gasteiger partial charge on any atom is 1.00 e. The molecule has 0 rings (SSSR count). The zero-order valence-corrected chi connectivity index (χ0v) is 14.9. The maximum absolute atomic E-state index is 8.24. The second kappa shape index (κ2) is 61.8. The Morgan fingerprint density at radius 3 is 0.417 bits per heavy atom. The van der Waals surface area contributed by atoms with Gasteiger partial charge in [-0.2, -0.15) is 0 Å². The molecule has 0 aliphatic rings. The Kier molecular flexibility index (Phi) is 186. The molecule has 0 radical (unpaired) electrons. The van der Waals surface area contributed by atoms with Gasteiger partial charge in [0, 0.05) is 0 Å². The topological polar surface area (TPSA) is 138 Å². The standard InChI is InChI=1S/3ClO2.3Na/c3*2-1-3;;;/q3*-1;3*+1. The summed E-state index contributed by atoms with van der Waals surface area (Å²) in [5, 5.41) is 0. The van der Waals surface area contributed by atoms with Gasteiger partial charge in [-0.1, -0.05) is 0 Å². The fraction of sp³-hybridized carbons (Fsp3) is 0. The molecule has 0 saturated carbocycles. The number of halogens is 3. The average molecular weight is 271 g/mol. The van der Waals surface area contributed by atoms with Crippen LogP contribution in [0, 0.1) is 34.0 Å². The largest absolute Gasteiger partial charge is 1.00 e. The van der Waals surface area contributed by atoms with E-state index in [-0.39, 0.29) is 88.7 Å². The SMILES string of the molecule is [Na+].[Na+].[Na+].[O-][Cl+][O-].[O-][Cl+][O-].[O-][Cl+][O-]. The van der Waals surface area contributed by atoms with Crippen molar-refractivity contribution < 1.29 is 151 Å². The Bertz CT molecular complexity index is 22.8. The third kappa shape index (κ3) is 165. The Morgan fingerprint density at radius 1 is 0.417 bits per heavy atom. The van der Waals surface area contributed by atoms with Crippen molar-refractivity contribution in [1.82, 2.24) is 0 Å². The normalized spacial score (nSPS) is 4.50. The molecule has 0 bridgehead atoms. The van der Waals surface area contributed by atoms with E-state index >= 15 is 0 Å². The molecule has 0 aromatic carbocycles. The predicted octanol–water partition coefficient (Wildman–Crippen LogP) is -16.1. The van der Waals surface area contributed by atoms with Gasteiger partial charge in [0.05, 0.1) is 34.0 Å². The molecule has 0 aliphatic carbocycles. The van der Waals surface area contributed by atoms with Crippen molar-refractivity contribution in [3.8, 4) is 0 Å². The van der Waals surface area contributed by atoms with E-state index in [2.05, 4.69) is 0 Å². The monoisotopic (exact) mass is 270 g/mol. The van der Waals surface area contributed by atoms with Crippen LogP contribution in [0.2, 0.25) is 0 Å². The van der Waals surface area contributed by atoms with Gasteiger partial charge in [0.15, 0.2) is 0 Å². The van der Waals surface area contributed by atoms with Crippen LogP contribution in [0.3, 0.4) is 0 Å². The van der Waals surface area contributed by atoms with E-state index < -0.39 is 34.0 Å². The van der Waals surface area contributed by atoms with Gasteiger partial charge < -0.3 is 28.0 Å². The fourth-order valence-corrected chi connectivity index (χ4v) is 0. The minimum atomic E-state index is -0.417. The first-order valence-corrected chi connectivity index (χ1v) is 2.78. The van der Waals surface area contributed by atoms with Gasteiger partial charge >= 0.3 is 88.7 Å². The van der Waals surface area contributed by atoms with E-state index in [4.69, 9.17) is 28.0 Å². The smallest absolute Gasteiger partial charge is 0.544 e. The van der Waals surface area contributed by atoms with Crippen molar-refractivity contribution in [2.45, 2.75) is 0 Å². The molecule has 0 N–H and O–H groups in total.